The number of benzene rings is 2. The fourth-order valence-corrected chi connectivity index (χ4v) is 8.41. The lowest BCUT2D eigenvalue weighted by Crippen LogP contribution is -2.17. The molecule has 2 aromatic carbocycles. The smallest absolute Gasteiger partial charge is 0.338 e. The number of carbonyl (C=O) groups is 2. The molecule has 4 nitrogen and oxygen atoms in total. The number of hydrogen-bond acceptors (Lipinski definition) is 4. The van der Waals surface area contributed by atoms with Crippen LogP contribution >= 0.6 is 0 Å². The molecular formula is C52H88O4. The zero-order valence-corrected chi connectivity index (χ0v) is 37.3. The largest absolute Gasteiger partial charge is 0.462 e. The van der Waals surface area contributed by atoms with Gasteiger partial charge in [-0.05, 0) is 55.0 Å². The Kier molecular flexibility index (Phi) is 30.8. The number of fused-ring (bicyclic) bond motifs is 1. The Morgan fingerprint density at radius 3 is 0.964 bits per heavy atom. The Hall–Kier alpha value is -2.36. The van der Waals surface area contributed by atoms with Crippen molar-refractivity contribution in [1.82, 2.24) is 0 Å². The van der Waals surface area contributed by atoms with Crippen LogP contribution in [0, 0.1) is 11.8 Å². The molecule has 0 N–H and O–H groups in total. The number of esters is 2. The van der Waals surface area contributed by atoms with Gasteiger partial charge in [0.1, 0.15) is 0 Å². The summed E-state index contributed by atoms with van der Waals surface area (Å²) in [5, 5.41) is 1.53. The number of rotatable bonds is 38. The molecule has 0 aliphatic heterocycles. The average Bonchev–Trinajstić information content (AvgIpc) is 3.22. The van der Waals surface area contributed by atoms with Crippen molar-refractivity contribution >= 4 is 22.7 Å². The average molecular weight is 777 g/mol. The maximum Gasteiger partial charge on any atom is 0.338 e. The lowest BCUT2D eigenvalue weighted by molar-refractivity contribution is 0.0424. The van der Waals surface area contributed by atoms with Gasteiger partial charge in [-0.3, -0.25) is 0 Å². The minimum absolute atomic E-state index is 0.322. The third kappa shape index (κ3) is 23.1. The van der Waals surface area contributed by atoms with Crippen LogP contribution in [0.4, 0.5) is 0 Å². The quantitative estimate of drug-likeness (QED) is 0.0503. The van der Waals surface area contributed by atoms with E-state index >= 15 is 0 Å². The molecule has 2 aromatic rings. The molecule has 2 unspecified atom stereocenters. The normalized spacial score (nSPS) is 12.6. The SMILES string of the molecule is CCCCCCCCCCCCC(CCCCCCCCCC)COC(=O)c1cccc2cccc(C(=O)OCC(CCCCCC)CCCCCCCC)c12. The van der Waals surface area contributed by atoms with Crippen LogP contribution in [0.2, 0.25) is 0 Å². The molecule has 56 heavy (non-hydrogen) atoms. The summed E-state index contributed by atoms with van der Waals surface area (Å²) < 4.78 is 12.2. The second-order valence-electron chi connectivity index (χ2n) is 17.3. The van der Waals surface area contributed by atoms with Crippen LogP contribution in [0.3, 0.4) is 0 Å². The minimum Gasteiger partial charge on any atom is -0.462 e. The Bertz CT molecular complexity index is 1230. The van der Waals surface area contributed by atoms with Crippen molar-refractivity contribution in [2.24, 2.45) is 11.8 Å². The third-order valence-corrected chi connectivity index (χ3v) is 12.1. The van der Waals surface area contributed by atoms with E-state index in [0.29, 0.717) is 41.6 Å². The lowest BCUT2D eigenvalue weighted by Gasteiger charge is -2.19. The maximum absolute atomic E-state index is 13.9. The number of hydrogen-bond donors (Lipinski definition) is 0. The van der Waals surface area contributed by atoms with Crippen molar-refractivity contribution in [1.29, 1.82) is 0 Å². The highest BCUT2D eigenvalue weighted by atomic mass is 16.5. The molecular weight excluding hydrogens is 689 g/mol. The summed E-state index contributed by atoms with van der Waals surface area (Å²) in [4.78, 5) is 27.6. The van der Waals surface area contributed by atoms with Crippen LogP contribution in [0.25, 0.3) is 10.8 Å². The first-order valence-electron chi connectivity index (χ1n) is 24.4. The van der Waals surface area contributed by atoms with Crippen molar-refractivity contribution < 1.29 is 19.1 Å². The summed E-state index contributed by atoms with van der Waals surface area (Å²) in [6, 6.07) is 11.4. The highest BCUT2D eigenvalue weighted by Gasteiger charge is 2.21. The van der Waals surface area contributed by atoms with Crippen LogP contribution in [-0.2, 0) is 9.47 Å². The predicted octanol–water partition coefficient (Wildman–Crippen LogP) is 16.9. The van der Waals surface area contributed by atoms with Crippen molar-refractivity contribution in [3.05, 3.63) is 47.5 Å². The standard InChI is InChI=1S/C52H88O4/c1-5-9-13-17-20-22-23-25-28-32-38-46(37-31-27-24-21-18-14-10-6-2)44-56-52(54)49-42-34-40-47-39-33-41-48(50(47)49)51(53)55-43-45(35-29-16-12-8-4)36-30-26-19-15-11-7-3/h33-34,39-42,45-46H,5-32,35-38,43-44H2,1-4H3. The Morgan fingerprint density at radius 1 is 0.393 bits per heavy atom. The van der Waals surface area contributed by atoms with Gasteiger partial charge >= 0.3 is 11.9 Å². The molecule has 0 saturated carbocycles. The summed E-state index contributed by atoms with van der Waals surface area (Å²) in [7, 11) is 0. The summed E-state index contributed by atoms with van der Waals surface area (Å²) in [5.41, 5.74) is 0.947. The van der Waals surface area contributed by atoms with Gasteiger partial charge in [0, 0.05) is 5.39 Å². The molecule has 0 amide bonds. The minimum atomic E-state index is -0.328. The van der Waals surface area contributed by atoms with Gasteiger partial charge in [0.05, 0.1) is 24.3 Å². The highest BCUT2D eigenvalue weighted by molar-refractivity contribution is 6.13. The first-order valence-corrected chi connectivity index (χ1v) is 24.4. The highest BCUT2D eigenvalue weighted by Crippen LogP contribution is 2.27. The van der Waals surface area contributed by atoms with Gasteiger partial charge in [-0.25, -0.2) is 9.59 Å². The Balaban J connectivity index is 2.02. The first-order chi connectivity index (χ1) is 27.5. The predicted molar refractivity (Wildman–Crippen MR) is 242 cm³/mol. The molecule has 0 heterocycles. The van der Waals surface area contributed by atoms with Crippen LogP contribution in [0.5, 0.6) is 0 Å². The van der Waals surface area contributed by atoms with E-state index in [4.69, 9.17) is 9.47 Å². The van der Waals surface area contributed by atoms with Gasteiger partial charge in [-0.2, -0.15) is 0 Å². The van der Waals surface area contributed by atoms with Crippen molar-refractivity contribution in [2.75, 3.05) is 13.2 Å². The fourth-order valence-electron chi connectivity index (χ4n) is 8.41. The van der Waals surface area contributed by atoms with Crippen LogP contribution in [0.1, 0.15) is 254 Å². The van der Waals surface area contributed by atoms with Gasteiger partial charge in [-0.1, -0.05) is 232 Å². The summed E-state index contributed by atoms with van der Waals surface area (Å²) in [6.45, 7) is 9.97. The molecule has 0 aliphatic carbocycles. The van der Waals surface area contributed by atoms with E-state index in [-0.39, 0.29) is 11.9 Å². The van der Waals surface area contributed by atoms with Crippen LogP contribution < -0.4 is 0 Å². The van der Waals surface area contributed by atoms with Crippen molar-refractivity contribution in [3.8, 4) is 0 Å². The molecule has 4 heteroatoms. The van der Waals surface area contributed by atoms with Gasteiger partial charge < -0.3 is 9.47 Å². The van der Waals surface area contributed by atoms with Crippen LogP contribution in [-0.4, -0.2) is 25.2 Å². The number of carbonyl (C=O) groups excluding carboxylic acids is 2. The van der Waals surface area contributed by atoms with Gasteiger partial charge in [0.25, 0.3) is 0 Å². The second-order valence-corrected chi connectivity index (χ2v) is 17.3. The molecule has 2 atom stereocenters. The summed E-state index contributed by atoms with van der Waals surface area (Å²) in [5.74, 6) is 0.117. The molecule has 0 radical (unpaired) electrons. The summed E-state index contributed by atoms with van der Waals surface area (Å²) in [6.07, 6.45) is 40.8. The van der Waals surface area contributed by atoms with Gasteiger partial charge in [0.15, 0.2) is 0 Å². The monoisotopic (exact) mass is 777 g/mol. The first kappa shape index (κ1) is 49.8. The Labute approximate surface area is 346 Å². The molecule has 0 aliphatic rings. The molecule has 2 rings (SSSR count). The Morgan fingerprint density at radius 2 is 0.661 bits per heavy atom. The van der Waals surface area contributed by atoms with Gasteiger partial charge in [-0.15, -0.1) is 0 Å². The third-order valence-electron chi connectivity index (χ3n) is 12.1. The van der Waals surface area contributed by atoms with E-state index in [1.807, 2.05) is 36.4 Å². The zero-order chi connectivity index (χ0) is 40.3. The van der Waals surface area contributed by atoms with Crippen molar-refractivity contribution in [3.63, 3.8) is 0 Å². The fraction of sp³-hybridized carbons (Fsp3) is 0.769. The van der Waals surface area contributed by atoms with E-state index in [2.05, 4.69) is 27.7 Å². The topological polar surface area (TPSA) is 52.6 Å². The van der Waals surface area contributed by atoms with Crippen LogP contribution in [0.15, 0.2) is 36.4 Å². The summed E-state index contributed by atoms with van der Waals surface area (Å²) >= 11 is 0. The van der Waals surface area contributed by atoms with E-state index in [1.54, 1.807) is 0 Å². The molecule has 0 aromatic heterocycles. The van der Waals surface area contributed by atoms with E-state index in [1.165, 1.54) is 180 Å². The van der Waals surface area contributed by atoms with E-state index in [9.17, 15) is 9.59 Å². The van der Waals surface area contributed by atoms with E-state index < -0.39 is 0 Å². The second kappa shape index (κ2) is 34.7. The number of ether oxygens (including phenoxy) is 2. The molecule has 0 saturated heterocycles. The zero-order valence-electron chi connectivity index (χ0n) is 37.3. The molecule has 0 bridgehead atoms. The lowest BCUT2D eigenvalue weighted by atomic mass is 9.94. The van der Waals surface area contributed by atoms with Gasteiger partial charge in [0.2, 0.25) is 0 Å². The molecule has 320 valence electrons. The van der Waals surface area contributed by atoms with Crippen molar-refractivity contribution in [2.45, 2.75) is 233 Å². The molecule has 0 fully saturated rings. The van der Waals surface area contributed by atoms with E-state index in [0.717, 1.165) is 31.1 Å². The number of unbranched alkanes of at least 4 members (excludes halogenated alkanes) is 24. The maximum atomic E-state index is 13.9. The molecule has 0 spiro atoms.